The largest absolute Gasteiger partial charge is 0.366 e. The van der Waals surface area contributed by atoms with Crippen molar-refractivity contribution in [1.29, 1.82) is 0 Å². The quantitative estimate of drug-likeness (QED) is 0.677. The van der Waals surface area contributed by atoms with Crippen LogP contribution in [0.3, 0.4) is 0 Å². The van der Waals surface area contributed by atoms with Gasteiger partial charge >= 0.3 is 6.03 Å². The summed E-state index contributed by atoms with van der Waals surface area (Å²) in [6, 6.07) is 11.0. The molecule has 1 aromatic heterocycles. The monoisotopic (exact) mass is 386 g/mol. The lowest BCUT2D eigenvalue weighted by molar-refractivity contribution is 0.208. The number of nitrogens with one attached hydrogen (secondary N) is 1. The van der Waals surface area contributed by atoms with Crippen LogP contribution in [0.25, 0.3) is 10.9 Å². The minimum absolute atomic E-state index is 0.385. The second kappa shape index (κ2) is 7.38. The molecule has 2 amide bonds. The third-order valence-corrected chi connectivity index (χ3v) is 4.80. The van der Waals surface area contributed by atoms with Crippen LogP contribution in [0.2, 0.25) is 0 Å². The molecule has 2 heterocycles. The van der Waals surface area contributed by atoms with Crippen LogP contribution in [-0.4, -0.2) is 42.1 Å². The Kier molecular flexibility index (Phi) is 4.77. The molecule has 4 rings (SSSR count). The molecule has 144 valence electrons. The first-order valence-electron chi connectivity index (χ1n) is 8.83. The van der Waals surface area contributed by atoms with Gasteiger partial charge in [-0.05, 0) is 24.3 Å². The van der Waals surface area contributed by atoms with Gasteiger partial charge in [0, 0.05) is 37.8 Å². The van der Waals surface area contributed by atoms with Crippen molar-refractivity contribution in [2.24, 2.45) is 0 Å². The first-order valence-corrected chi connectivity index (χ1v) is 8.83. The molecule has 0 unspecified atom stereocenters. The Morgan fingerprint density at radius 2 is 1.68 bits per heavy atom. The Morgan fingerprint density at radius 3 is 2.46 bits per heavy atom. The highest BCUT2D eigenvalue weighted by Gasteiger charge is 2.24. The van der Waals surface area contributed by atoms with Gasteiger partial charge in [-0.15, -0.1) is 0 Å². The molecule has 0 radical (unpaired) electrons. The van der Waals surface area contributed by atoms with Crippen LogP contribution in [0, 0.1) is 17.5 Å². The van der Waals surface area contributed by atoms with Crippen molar-refractivity contribution >= 4 is 28.3 Å². The summed E-state index contributed by atoms with van der Waals surface area (Å²) < 4.78 is 40.1. The third kappa shape index (κ3) is 3.33. The summed E-state index contributed by atoms with van der Waals surface area (Å²) in [7, 11) is 0. The molecule has 1 aliphatic rings. The maximum Gasteiger partial charge on any atom is 0.322 e. The molecule has 0 spiro atoms. The minimum atomic E-state index is -1.61. The number of urea groups is 1. The predicted molar refractivity (Wildman–Crippen MR) is 101 cm³/mol. The molecule has 1 N–H and O–H groups in total. The molecule has 2 aromatic carbocycles. The number of carbonyl (C=O) groups excluding carboxylic acids is 1. The van der Waals surface area contributed by atoms with Crippen molar-refractivity contribution < 1.29 is 18.0 Å². The fraction of sp³-hybridized carbons (Fsp3) is 0.200. The lowest BCUT2D eigenvalue weighted by atomic mass is 10.1. The van der Waals surface area contributed by atoms with Crippen molar-refractivity contribution in [3.8, 4) is 0 Å². The normalized spacial score (nSPS) is 14.4. The van der Waals surface area contributed by atoms with E-state index in [9.17, 15) is 18.0 Å². The number of fused-ring (bicyclic) bond motifs is 1. The Labute approximate surface area is 159 Å². The molecule has 0 saturated carbocycles. The number of aromatic nitrogens is 1. The smallest absolute Gasteiger partial charge is 0.322 e. The van der Waals surface area contributed by atoms with Gasteiger partial charge < -0.3 is 15.1 Å². The standard InChI is InChI=1S/C20H17F3N4O/c21-14-6-7-15(18(23)17(14)22)25-20(28)27-11-9-26(10-12-27)16-5-1-3-13-4-2-8-24-19(13)16/h1-8H,9-12H2,(H,25,28). The van der Waals surface area contributed by atoms with Gasteiger partial charge in [0.1, 0.15) is 0 Å². The molecule has 1 fully saturated rings. The summed E-state index contributed by atoms with van der Waals surface area (Å²) in [4.78, 5) is 20.5. The average molecular weight is 386 g/mol. The molecule has 0 bridgehead atoms. The van der Waals surface area contributed by atoms with Gasteiger partial charge in [-0.1, -0.05) is 18.2 Å². The summed E-state index contributed by atoms with van der Waals surface area (Å²) in [6.07, 6.45) is 1.74. The Morgan fingerprint density at radius 1 is 0.929 bits per heavy atom. The lowest BCUT2D eigenvalue weighted by Gasteiger charge is -2.36. The number of hydrogen-bond acceptors (Lipinski definition) is 3. The molecule has 3 aromatic rings. The van der Waals surface area contributed by atoms with Crippen molar-refractivity contribution in [2.45, 2.75) is 0 Å². The summed E-state index contributed by atoms with van der Waals surface area (Å²) in [5, 5.41) is 3.34. The fourth-order valence-electron chi connectivity index (χ4n) is 3.31. The number of carbonyl (C=O) groups is 1. The Bertz CT molecular complexity index is 1030. The molecule has 0 aliphatic carbocycles. The number of para-hydroxylation sites is 1. The summed E-state index contributed by atoms with van der Waals surface area (Å²) in [5.41, 5.74) is 1.50. The average Bonchev–Trinajstić information content (AvgIpc) is 2.74. The van der Waals surface area contributed by atoms with Crippen molar-refractivity contribution in [1.82, 2.24) is 9.88 Å². The van der Waals surface area contributed by atoms with E-state index in [1.807, 2.05) is 30.3 Å². The van der Waals surface area contributed by atoms with Crippen LogP contribution in [0.1, 0.15) is 0 Å². The van der Waals surface area contributed by atoms with E-state index in [1.54, 1.807) is 6.20 Å². The highest BCUT2D eigenvalue weighted by molar-refractivity contribution is 5.91. The fourth-order valence-corrected chi connectivity index (χ4v) is 3.31. The van der Waals surface area contributed by atoms with E-state index in [-0.39, 0.29) is 5.69 Å². The van der Waals surface area contributed by atoms with Gasteiger partial charge in [0.2, 0.25) is 0 Å². The van der Waals surface area contributed by atoms with E-state index < -0.39 is 23.5 Å². The number of amides is 2. The van der Waals surface area contributed by atoms with E-state index in [0.717, 1.165) is 28.7 Å². The van der Waals surface area contributed by atoms with Crippen LogP contribution in [0.15, 0.2) is 48.7 Å². The minimum Gasteiger partial charge on any atom is -0.366 e. The number of piperazine rings is 1. The second-order valence-electron chi connectivity index (χ2n) is 6.48. The molecular weight excluding hydrogens is 369 g/mol. The molecule has 0 atom stereocenters. The second-order valence-corrected chi connectivity index (χ2v) is 6.48. The van der Waals surface area contributed by atoms with Gasteiger partial charge in [-0.25, -0.2) is 18.0 Å². The lowest BCUT2D eigenvalue weighted by Crippen LogP contribution is -2.50. The van der Waals surface area contributed by atoms with Gasteiger partial charge in [0.05, 0.1) is 16.9 Å². The Balaban J connectivity index is 1.44. The van der Waals surface area contributed by atoms with E-state index in [0.29, 0.717) is 26.2 Å². The molecule has 1 saturated heterocycles. The molecule has 8 heteroatoms. The molecule has 5 nitrogen and oxygen atoms in total. The van der Waals surface area contributed by atoms with Gasteiger partial charge in [0.25, 0.3) is 0 Å². The molecule has 1 aliphatic heterocycles. The van der Waals surface area contributed by atoms with Crippen molar-refractivity contribution in [3.63, 3.8) is 0 Å². The molecule has 28 heavy (non-hydrogen) atoms. The highest BCUT2D eigenvalue weighted by Crippen LogP contribution is 2.26. The third-order valence-electron chi connectivity index (χ3n) is 4.80. The number of halogens is 3. The van der Waals surface area contributed by atoms with E-state index in [4.69, 9.17) is 0 Å². The topological polar surface area (TPSA) is 48.5 Å². The maximum absolute atomic E-state index is 13.8. The van der Waals surface area contributed by atoms with Crippen LogP contribution < -0.4 is 10.2 Å². The Hall–Kier alpha value is -3.29. The zero-order valence-corrected chi connectivity index (χ0v) is 14.8. The number of nitrogens with zero attached hydrogens (tertiary/aromatic N) is 3. The SMILES string of the molecule is O=C(Nc1ccc(F)c(F)c1F)N1CCN(c2cccc3cccnc23)CC1. The number of hydrogen-bond donors (Lipinski definition) is 1. The van der Waals surface area contributed by atoms with Crippen LogP contribution >= 0.6 is 0 Å². The summed E-state index contributed by atoms with van der Waals surface area (Å²) in [5.74, 6) is -4.31. The van der Waals surface area contributed by atoms with Crippen LogP contribution in [0.5, 0.6) is 0 Å². The molecular formula is C20H17F3N4O. The van der Waals surface area contributed by atoms with E-state index >= 15 is 0 Å². The zero-order valence-electron chi connectivity index (χ0n) is 14.8. The number of pyridine rings is 1. The van der Waals surface area contributed by atoms with E-state index in [1.165, 1.54) is 4.90 Å². The summed E-state index contributed by atoms with van der Waals surface area (Å²) >= 11 is 0. The van der Waals surface area contributed by atoms with Crippen molar-refractivity contribution in [3.05, 3.63) is 66.1 Å². The maximum atomic E-state index is 13.8. The highest BCUT2D eigenvalue weighted by atomic mass is 19.2. The number of rotatable bonds is 2. The summed E-state index contributed by atoms with van der Waals surface area (Å²) in [6.45, 7) is 1.95. The predicted octanol–water partition coefficient (Wildman–Crippen LogP) is 4.01. The van der Waals surface area contributed by atoms with E-state index in [2.05, 4.69) is 15.2 Å². The van der Waals surface area contributed by atoms with Crippen LogP contribution in [0.4, 0.5) is 29.3 Å². The van der Waals surface area contributed by atoms with Gasteiger partial charge in [-0.2, -0.15) is 0 Å². The first-order chi connectivity index (χ1) is 13.5. The number of benzene rings is 2. The number of anilines is 2. The van der Waals surface area contributed by atoms with Crippen LogP contribution in [-0.2, 0) is 0 Å². The first kappa shape index (κ1) is 18.1. The van der Waals surface area contributed by atoms with Gasteiger partial charge in [0.15, 0.2) is 17.5 Å². The van der Waals surface area contributed by atoms with Gasteiger partial charge in [-0.3, -0.25) is 4.98 Å². The van der Waals surface area contributed by atoms with Crippen molar-refractivity contribution in [2.75, 3.05) is 36.4 Å². The zero-order chi connectivity index (χ0) is 19.7.